The Morgan fingerprint density at radius 3 is 2.23 bits per heavy atom. The van der Waals surface area contributed by atoms with Gasteiger partial charge in [0.25, 0.3) is 0 Å². The van der Waals surface area contributed by atoms with Crippen LogP contribution in [0.3, 0.4) is 0 Å². The molecule has 9 heteroatoms. The lowest BCUT2D eigenvalue weighted by Gasteiger charge is -2.31. The normalized spacial score (nSPS) is 14.8. The highest BCUT2D eigenvalue weighted by Gasteiger charge is 2.30. The number of nitrogens with zero attached hydrogens (tertiary/aromatic N) is 4. The fraction of sp³-hybridized carbons (Fsp3) is 0.548. The molecule has 0 N–H and O–H groups in total. The standard InChI is InChI=1S/C31H42N4O4S/c1-9-39-29(37)27-32-12-15-35(27)18-25(36)34-13-10-20(11-14-34)24-19-40-28(33-24)21-16-22(30(2,3)4)26(38-8)23(17-21)31(5,6)7/h12,15-17,19-20H,9-11,13-14,18H2,1-8H3. The molecule has 0 radical (unpaired) electrons. The first kappa shape index (κ1) is 29.8. The molecule has 3 heterocycles. The Morgan fingerprint density at radius 2 is 1.68 bits per heavy atom. The lowest BCUT2D eigenvalue weighted by atomic mass is 9.78. The Morgan fingerprint density at radius 1 is 1.05 bits per heavy atom. The monoisotopic (exact) mass is 566 g/mol. The van der Waals surface area contributed by atoms with Crippen molar-refractivity contribution in [2.45, 2.75) is 84.6 Å². The maximum atomic E-state index is 13.0. The Balaban J connectivity index is 1.47. The van der Waals surface area contributed by atoms with Gasteiger partial charge in [0.1, 0.15) is 17.3 Å². The van der Waals surface area contributed by atoms with Crippen molar-refractivity contribution in [1.29, 1.82) is 0 Å². The summed E-state index contributed by atoms with van der Waals surface area (Å²) in [4.78, 5) is 36.1. The first-order chi connectivity index (χ1) is 18.8. The van der Waals surface area contributed by atoms with Gasteiger partial charge in [0.2, 0.25) is 11.7 Å². The summed E-state index contributed by atoms with van der Waals surface area (Å²) in [5, 5.41) is 3.19. The van der Waals surface area contributed by atoms with Crippen molar-refractivity contribution in [3.05, 3.63) is 52.6 Å². The molecule has 0 atom stereocenters. The van der Waals surface area contributed by atoms with Crippen LogP contribution < -0.4 is 4.74 Å². The topological polar surface area (TPSA) is 86.5 Å². The zero-order valence-electron chi connectivity index (χ0n) is 25.0. The van der Waals surface area contributed by atoms with Gasteiger partial charge >= 0.3 is 5.97 Å². The van der Waals surface area contributed by atoms with Gasteiger partial charge in [0, 0.05) is 53.5 Å². The number of ether oxygens (including phenoxy) is 2. The Hall–Kier alpha value is -3.20. The number of amides is 1. The zero-order chi connectivity index (χ0) is 29.2. The second-order valence-corrected chi connectivity index (χ2v) is 13.3. The molecule has 1 saturated heterocycles. The van der Waals surface area contributed by atoms with Crippen LogP contribution in [-0.2, 0) is 26.9 Å². The molecule has 0 aliphatic carbocycles. The molecule has 4 rings (SSSR count). The van der Waals surface area contributed by atoms with Gasteiger partial charge in [0.05, 0.1) is 19.4 Å². The molecule has 1 fully saturated rings. The van der Waals surface area contributed by atoms with Crippen LogP contribution in [0, 0.1) is 0 Å². The lowest BCUT2D eigenvalue weighted by Crippen LogP contribution is -2.40. The van der Waals surface area contributed by atoms with E-state index in [1.165, 1.54) is 17.3 Å². The van der Waals surface area contributed by atoms with Crippen LogP contribution >= 0.6 is 11.3 Å². The number of benzene rings is 1. The van der Waals surface area contributed by atoms with Crippen LogP contribution in [0.1, 0.15) is 94.7 Å². The Labute approximate surface area is 241 Å². The molecule has 2 aromatic heterocycles. The molecule has 1 amide bonds. The van der Waals surface area contributed by atoms with Crippen LogP contribution in [0.25, 0.3) is 10.6 Å². The van der Waals surface area contributed by atoms with Gasteiger partial charge in [-0.05, 0) is 42.7 Å². The van der Waals surface area contributed by atoms with E-state index in [2.05, 4.69) is 64.0 Å². The summed E-state index contributed by atoms with van der Waals surface area (Å²) in [6.45, 7) is 16.7. The first-order valence-electron chi connectivity index (χ1n) is 14.0. The molecule has 8 nitrogen and oxygen atoms in total. The number of methoxy groups -OCH3 is 1. The number of imidazole rings is 1. The minimum Gasteiger partial charge on any atom is -0.496 e. The molecule has 1 aromatic carbocycles. The summed E-state index contributed by atoms with van der Waals surface area (Å²) in [6.07, 6.45) is 4.87. The number of thiazole rings is 1. The van der Waals surface area contributed by atoms with E-state index in [1.807, 2.05) is 4.90 Å². The number of hydrogen-bond donors (Lipinski definition) is 0. The minimum absolute atomic E-state index is 0.0244. The van der Waals surface area contributed by atoms with Crippen molar-refractivity contribution in [2.75, 3.05) is 26.8 Å². The molecule has 1 aliphatic heterocycles. The van der Waals surface area contributed by atoms with E-state index in [0.717, 1.165) is 34.9 Å². The van der Waals surface area contributed by atoms with Gasteiger partial charge in [-0.25, -0.2) is 14.8 Å². The number of rotatable bonds is 7. The predicted molar refractivity (Wildman–Crippen MR) is 158 cm³/mol. The van der Waals surface area contributed by atoms with Gasteiger partial charge in [0.15, 0.2) is 0 Å². The summed E-state index contributed by atoms with van der Waals surface area (Å²) < 4.78 is 12.5. The van der Waals surface area contributed by atoms with Gasteiger partial charge < -0.3 is 18.9 Å². The number of piperidine rings is 1. The third-order valence-electron chi connectivity index (χ3n) is 7.42. The summed E-state index contributed by atoms with van der Waals surface area (Å²) in [5.41, 5.74) is 4.44. The van der Waals surface area contributed by atoms with E-state index in [9.17, 15) is 9.59 Å². The number of likely N-dealkylation sites (tertiary alicyclic amines) is 1. The van der Waals surface area contributed by atoms with Crippen molar-refractivity contribution in [3.63, 3.8) is 0 Å². The average molecular weight is 567 g/mol. The van der Waals surface area contributed by atoms with Gasteiger partial charge in [-0.2, -0.15) is 0 Å². The molecular weight excluding hydrogens is 524 g/mol. The van der Waals surface area contributed by atoms with Crippen molar-refractivity contribution < 1.29 is 19.1 Å². The fourth-order valence-electron chi connectivity index (χ4n) is 5.19. The largest absolute Gasteiger partial charge is 0.496 e. The van der Waals surface area contributed by atoms with Crippen molar-refractivity contribution in [1.82, 2.24) is 19.4 Å². The van der Waals surface area contributed by atoms with Crippen LogP contribution in [-0.4, -0.2) is 58.1 Å². The van der Waals surface area contributed by atoms with Crippen LogP contribution in [0.2, 0.25) is 0 Å². The van der Waals surface area contributed by atoms with E-state index in [4.69, 9.17) is 14.5 Å². The Kier molecular flexibility index (Phi) is 8.73. The summed E-state index contributed by atoms with van der Waals surface area (Å²) in [6, 6.07) is 4.47. The SMILES string of the molecule is CCOC(=O)c1nccn1CC(=O)N1CCC(c2csc(-c3cc(C(C)(C)C)c(OC)c(C(C)(C)C)c3)n2)CC1. The molecule has 0 saturated carbocycles. The van der Waals surface area contributed by atoms with Crippen LogP contribution in [0.15, 0.2) is 29.9 Å². The molecule has 1 aliphatic rings. The summed E-state index contributed by atoms with van der Waals surface area (Å²) in [7, 11) is 1.76. The third-order valence-corrected chi connectivity index (χ3v) is 8.33. The van der Waals surface area contributed by atoms with Gasteiger partial charge in [-0.15, -0.1) is 11.3 Å². The van der Waals surface area contributed by atoms with E-state index in [1.54, 1.807) is 36.1 Å². The molecule has 3 aromatic rings. The van der Waals surface area contributed by atoms with E-state index < -0.39 is 5.97 Å². The fourth-order valence-corrected chi connectivity index (χ4v) is 6.08. The first-order valence-corrected chi connectivity index (χ1v) is 14.9. The zero-order valence-corrected chi connectivity index (χ0v) is 25.9. The number of esters is 1. The van der Waals surface area contributed by atoms with Crippen molar-refractivity contribution >= 4 is 23.2 Å². The molecule has 0 bridgehead atoms. The van der Waals surface area contributed by atoms with Gasteiger partial charge in [-0.3, -0.25) is 4.79 Å². The number of carbonyl (C=O) groups excluding carboxylic acids is 2. The minimum atomic E-state index is -0.514. The summed E-state index contributed by atoms with van der Waals surface area (Å²) in [5.74, 6) is 0.883. The number of carbonyl (C=O) groups is 2. The van der Waals surface area contributed by atoms with Crippen molar-refractivity contribution in [2.24, 2.45) is 0 Å². The third kappa shape index (κ3) is 6.40. The maximum Gasteiger partial charge on any atom is 0.374 e. The number of hydrogen-bond acceptors (Lipinski definition) is 7. The smallest absolute Gasteiger partial charge is 0.374 e. The molecule has 0 spiro atoms. The second-order valence-electron chi connectivity index (χ2n) is 12.4. The highest BCUT2D eigenvalue weighted by atomic mass is 32.1. The van der Waals surface area contributed by atoms with Crippen LogP contribution in [0.5, 0.6) is 5.75 Å². The molecule has 40 heavy (non-hydrogen) atoms. The van der Waals surface area contributed by atoms with E-state index in [0.29, 0.717) is 19.0 Å². The van der Waals surface area contributed by atoms with Gasteiger partial charge in [-0.1, -0.05) is 41.5 Å². The van der Waals surface area contributed by atoms with E-state index >= 15 is 0 Å². The highest BCUT2D eigenvalue weighted by molar-refractivity contribution is 7.13. The summed E-state index contributed by atoms with van der Waals surface area (Å²) >= 11 is 1.68. The lowest BCUT2D eigenvalue weighted by molar-refractivity contribution is -0.132. The predicted octanol–water partition coefficient (Wildman–Crippen LogP) is 6.19. The van der Waals surface area contributed by atoms with Crippen molar-refractivity contribution in [3.8, 4) is 16.3 Å². The average Bonchev–Trinajstić information content (AvgIpc) is 3.57. The molecule has 216 valence electrons. The van der Waals surface area contributed by atoms with E-state index in [-0.39, 0.29) is 35.7 Å². The quantitative estimate of drug-likeness (QED) is 0.317. The highest BCUT2D eigenvalue weighted by Crippen LogP contribution is 2.43. The number of aromatic nitrogens is 3. The second kappa shape index (κ2) is 11.7. The Bertz CT molecular complexity index is 1320. The maximum absolute atomic E-state index is 13.0. The van der Waals surface area contributed by atoms with Crippen LogP contribution in [0.4, 0.5) is 0 Å². The molecular formula is C31H42N4O4S. The molecule has 0 unspecified atom stereocenters.